The third-order valence-corrected chi connectivity index (χ3v) is 11.3. The number of hydrogen-bond donors (Lipinski definition) is 3. The second-order valence-electron chi connectivity index (χ2n) is 14.7. The number of allylic oxidation sites excluding steroid dienone is 1. The number of fused-ring (bicyclic) bond motifs is 2. The highest BCUT2D eigenvalue weighted by Gasteiger charge is 2.28. The largest absolute Gasteiger partial charge is 0.371 e. The minimum Gasteiger partial charge on any atom is -0.371 e. The van der Waals surface area contributed by atoms with Gasteiger partial charge in [-0.2, -0.15) is 4.98 Å². The molecule has 3 N–H and O–H groups in total. The highest BCUT2D eigenvalue weighted by Crippen LogP contribution is 2.35. The summed E-state index contributed by atoms with van der Waals surface area (Å²) in [6.07, 6.45) is 10.5. The lowest BCUT2D eigenvalue weighted by atomic mass is 9.90. The van der Waals surface area contributed by atoms with Crippen LogP contribution in [0.25, 0.3) is 16.9 Å². The summed E-state index contributed by atoms with van der Waals surface area (Å²) in [5.41, 5.74) is 6.98. The smallest absolute Gasteiger partial charge is 0.278 e. The van der Waals surface area contributed by atoms with Gasteiger partial charge in [0.15, 0.2) is 11.5 Å². The predicted molar refractivity (Wildman–Crippen MR) is 211 cm³/mol. The first-order chi connectivity index (χ1) is 26.4. The molecule has 1 aliphatic carbocycles. The molecule has 2 saturated heterocycles. The van der Waals surface area contributed by atoms with Gasteiger partial charge in [0, 0.05) is 54.7 Å². The second-order valence-corrected chi connectivity index (χ2v) is 14.7. The van der Waals surface area contributed by atoms with Gasteiger partial charge in [-0.25, -0.2) is 19.3 Å². The fourth-order valence-corrected chi connectivity index (χ4v) is 8.22. The quantitative estimate of drug-likeness (QED) is 0.110. The first-order valence-corrected chi connectivity index (χ1v) is 19.3. The number of hydrogen-bond acceptors (Lipinski definition) is 9. The molecule has 2 aromatic carbocycles. The molecule has 12 nitrogen and oxygen atoms in total. The van der Waals surface area contributed by atoms with E-state index >= 15 is 0 Å². The lowest BCUT2D eigenvalue weighted by Gasteiger charge is -2.34. The van der Waals surface area contributed by atoms with Gasteiger partial charge in [0.1, 0.15) is 5.39 Å². The summed E-state index contributed by atoms with van der Waals surface area (Å²) in [6, 6.07) is 21.2. The van der Waals surface area contributed by atoms with Crippen LogP contribution in [-0.2, 0) is 29.0 Å². The van der Waals surface area contributed by atoms with E-state index in [1.54, 1.807) is 17.0 Å². The van der Waals surface area contributed by atoms with Crippen LogP contribution in [0.4, 0.5) is 17.3 Å². The summed E-state index contributed by atoms with van der Waals surface area (Å²) in [4.78, 5) is 54.0. The minimum absolute atomic E-state index is 0.174. The molecule has 2 fully saturated rings. The first-order valence-electron chi connectivity index (χ1n) is 19.3. The Morgan fingerprint density at radius 1 is 0.926 bits per heavy atom. The number of nitrogens with zero attached hydrogens (tertiary/aromatic N) is 6. The van der Waals surface area contributed by atoms with Crippen LogP contribution in [0.15, 0.2) is 84.3 Å². The van der Waals surface area contributed by atoms with Crippen molar-refractivity contribution in [1.82, 2.24) is 34.9 Å². The molecular formula is C42H47N9O3. The van der Waals surface area contributed by atoms with Crippen molar-refractivity contribution in [1.29, 1.82) is 0 Å². The number of amides is 2. The standard InChI is InChI=1S/C42H47N9O3/c1-3-23-50-41(54)35-26-44-42(48-39(35)51(50)36-17-11-30-10-9-28(4-2)38(30)46-36)45-32-12-14-33(15-13-32)49-24-20-31(21-25-49)43-22-19-27-5-7-29(8-6-27)34-16-18-37(52)47-40(34)53/h3,5-8,11-15,17,26,28,31,34,43H,1,4,9-10,16,18-25H2,2H3,(H,44,45,48)(H,47,52,53). The number of anilines is 3. The van der Waals surface area contributed by atoms with E-state index < -0.39 is 0 Å². The molecule has 3 aromatic heterocycles. The summed E-state index contributed by atoms with van der Waals surface area (Å²) in [5, 5.41) is 9.97. The van der Waals surface area contributed by atoms with Gasteiger partial charge in [0.2, 0.25) is 17.8 Å². The Labute approximate surface area is 314 Å². The number of carbonyl (C=O) groups excluding carboxylic acids is 2. The van der Waals surface area contributed by atoms with Crippen LogP contribution < -0.4 is 26.4 Å². The molecule has 2 unspecified atom stereocenters. The van der Waals surface area contributed by atoms with Gasteiger partial charge >= 0.3 is 0 Å². The fraction of sp³-hybridized carbons (Fsp3) is 0.381. The number of imide groups is 1. The molecule has 5 aromatic rings. The van der Waals surface area contributed by atoms with Crippen LogP contribution in [0.3, 0.4) is 0 Å². The monoisotopic (exact) mass is 725 g/mol. The molecule has 2 atom stereocenters. The van der Waals surface area contributed by atoms with E-state index in [2.05, 4.69) is 69.7 Å². The Morgan fingerprint density at radius 2 is 1.72 bits per heavy atom. The van der Waals surface area contributed by atoms with Crippen molar-refractivity contribution >= 4 is 40.2 Å². The summed E-state index contributed by atoms with van der Waals surface area (Å²) in [5.74, 6) is 0.889. The average Bonchev–Trinajstić information content (AvgIpc) is 3.73. The number of piperidine rings is 2. The third-order valence-electron chi connectivity index (χ3n) is 11.3. The number of nitrogens with one attached hydrogen (secondary N) is 3. The Bertz CT molecular complexity index is 2230. The van der Waals surface area contributed by atoms with E-state index in [0.29, 0.717) is 54.1 Å². The van der Waals surface area contributed by atoms with Crippen LogP contribution in [0.2, 0.25) is 0 Å². The van der Waals surface area contributed by atoms with E-state index in [1.165, 1.54) is 16.8 Å². The van der Waals surface area contributed by atoms with Crippen molar-refractivity contribution in [3.63, 3.8) is 0 Å². The van der Waals surface area contributed by atoms with Crippen LogP contribution in [0, 0.1) is 0 Å². The maximum Gasteiger partial charge on any atom is 0.278 e. The summed E-state index contributed by atoms with van der Waals surface area (Å²) < 4.78 is 3.43. The molecule has 2 aliphatic heterocycles. The van der Waals surface area contributed by atoms with Crippen molar-refractivity contribution in [3.8, 4) is 5.82 Å². The van der Waals surface area contributed by atoms with Gasteiger partial charge < -0.3 is 15.5 Å². The zero-order chi connectivity index (χ0) is 37.2. The maximum absolute atomic E-state index is 13.5. The lowest BCUT2D eigenvalue weighted by Crippen LogP contribution is -2.43. The average molecular weight is 726 g/mol. The molecule has 278 valence electrons. The normalized spacial score (nSPS) is 18.9. The van der Waals surface area contributed by atoms with E-state index in [4.69, 9.17) is 9.97 Å². The Hall–Kier alpha value is -5.62. The van der Waals surface area contributed by atoms with Gasteiger partial charge in [-0.3, -0.25) is 19.7 Å². The number of aromatic nitrogens is 5. The molecule has 54 heavy (non-hydrogen) atoms. The second kappa shape index (κ2) is 15.4. The van der Waals surface area contributed by atoms with E-state index in [1.807, 2.05) is 35.0 Å². The Morgan fingerprint density at radius 3 is 2.46 bits per heavy atom. The van der Waals surface area contributed by atoms with Crippen molar-refractivity contribution < 1.29 is 9.59 Å². The molecule has 0 saturated carbocycles. The Balaban J connectivity index is 0.870. The van der Waals surface area contributed by atoms with E-state index in [0.717, 1.165) is 75.1 Å². The van der Waals surface area contributed by atoms with Crippen LogP contribution in [0.5, 0.6) is 0 Å². The highest BCUT2D eigenvalue weighted by molar-refractivity contribution is 6.00. The van der Waals surface area contributed by atoms with Crippen molar-refractivity contribution in [3.05, 3.63) is 112 Å². The van der Waals surface area contributed by atoms with Crippen molar-refractivity contribution in [2.75, 3.05) is 29.9 Å². The number of benzene rings is 2. The molecule has 0 radical (unpaired) electrons. The molecule has 0 bridgehead atoms. The molecular weight excluding hydrogens is 679 g/mol. The maximum atomic E-state index is 13.5. The number of carbonyl (C=O) groups is 2. The molecule has 3 aliphatic rings. The zero-order valence-electron chi connectivity index (χ0n) is 30.8. The molecule has 0 spiro atoms. The zero-order valence-corrected chi connectivity index (χ0v) is 30.8. The topological polar surface area (TPSA) is 139 Å². The van der Waals surface area contributed by atoms with Gasteiger partial charge in [-0.1, -0.05) is 43.3 Å². The minimum atomic E-state index is -0.243. The predicted octanol–water partition coefficient (Wildman–Crippen LogP) is 5.67. The number of pyridine rings is 1. The van der Waals surface area contributed by atoms with Crippen molar-refractivity contribution in [2.45, 2.75) is 82.7 Å². The SMILES string of the molecule is C=CCn1c(=O)c2cnc(Nc3ccc(N4CCC(NCCc5ccc(C6CCC(=O)NC6=O)cc5)CC4)cc3)nc2n1-c1ccc2c(n1)C(CC)CC2. The molecule has 12 heteroatoms. The van der Waals surface area contributed by atoms with E-state index in [9.17, 15) is 14.4 Å². The molecule has 8 rings (SSSR count). The molecule has 2 amide bonds. The third kappa shape index (κ3) is 7.17. The summed E-state index contributed by atoms with van der Waals surface area (Å²) in [7, 11) is 0. The first kappa shape index (κ1) is 35.4. The van der Waals surface area contributed by atoms with Crippen LogP contribution >= 0.6 is 0 Å². The fourth-order valence-electron chi connectivity index (χ4n) is 8.22. The van der Waals surface area contributed by atoms with Gasteiger partial charge in [-0.05, 0) is 98.5 Å². The van der Waals surface area contributed by atoms with Gasteiger partial charge in [0.25, 0.3) is 5.56 Å². The summed E-state index contributed by atoms with van der Waals surface area (Å²) in [6.45, 7) is 9.25. The van der Waals surface area contributed by atoms with Crippen LogP contribution in [0.1, 0.15) is 79.7 Å². The van der Waals surface area contributed by atoms with Gasteiger partial charge in [-0.15, -0.1) is 6.58 Å². The highest BCUT2D eigenvalue weighted by atomic mass is 16.2. The molecule has 5 heterocycles. The van der Waals surface area contributed by atoms with Gasteiger partial charge in [0.05, 0.1) is 12.5 Å². The number of aryl methyl sites for hydroxylation is 1. The van der Waals surface area contributed by atoms with Crippen molar-refractivity contribution in [2.24, 2.45) is 0 Å². The lowest BCUT2D eigenvalue weighted by molar-refractivity contribution is -0.134. The Kier molecular flexibility index (Phi) is 10.1. The number of rotatable bonds is 12. The van der Waals surface area contributed by atoms with E-state index in [-0.39, 0.29) is 23.3 Å². The summed E-state index contributed by atoms with van der Waals surface area (Å²) >= 11 is 0. The van der Waals surface area contributed by atoms with Crippen LogP contribution in [-0.4, -0.2) is 61.8 Å².